The van der Waals surface area contributed by atoms with E-state index in [1.807, 2.05) is 70.3 Å². The second kappa shape index (κ2) is 18.2. The molecule has 2 aliphatic carbocycles. The third kappa shape index (κ3) is 9.64. The summed E-state index contributed by atoms with van der Waals surface area (Å²) in [4.78, 5) is 21.2. The number of benzene rings is 2. The number of pyridine rings is 2. The number of amides is 1. The molecule has 5 nitrogen and oxygen atoms in total. The fourth-order valence-electron chi connectivity index (χ4n) is 6.05. The number of carbonyl (C=O) groups excluding carboxylic acids is 1. The standard InChI is InChI=1S/C18H22N2.C17H20N2O.2C2H6/c1-13-8-10-15(11-9-13)14(2)20-17-7-3-5-16-6-4-12-19-18(16)17;1-12-7-9-14(10-8-12)17(20)19-15-6-2-4-13-5-3-11-18-16(13)15;2*1-2/h3-7,12-13,15,20H,2,8-11H2,1H3;2-6,11-12,14H,7-10H2,1H3,(H,19,20);2*1-2H3. The van der Waals surface area contributed by atoms with Crippen molar-refractivity contribution in [1.82, 2.24) is 9.97 Å². The van der Waals surface area contributed by atoms with Gasteiger partial charge in [0.15, 0.2) is 0 Å². The van der Waals surface area contributed by atoms with Gasteiger partial charge in [0.1, 0.15) is 0 Å². The molecule has 2 saturated carbocycles. The zero-order valence-corrected chi connectivity index (χ0v) is 27.9. The van der Waals surface area contributed by atoms with E-state index in [1.54, 1.807) is 6.20 Å². The summed E-state index contributed by atoms with van der Waals surface area (Å²) in [7, 11) is 0. The predicted octanol–water partition coefficient (Wildman–Crippen LogP) is 11.0. The Hall–Kier alpha value is -3.73. The van der Waals surface area contributed by atoms with E-state index in [-0.39, 0.29) is 11.8 Å². The van der Waals surface area contributed by atoms with Crippen molar-refractivity contribution in [3.05, 3.63) is 85.3 Å². The molecule has 0 atom stereocenters. The number of nitrogens with one attached hydrogen (secondary N) is 2. The number of hydrogen-bond acceptors (Lipinski definition) is 4. The first-order valence-corrected chi connectivity index (χ1v) is 16.9. The number of para-hydroxylation sites is 2. The van der Waals surface area contributed by atoms with Gasteiger partial charge in [0.2, 0.25) is 5.91 Å². The lowest BCUT2D eigenvalue weighted by atomic mass is 9.81. The van der Waals surface area contributed by atoms with Crippen LogP contribution in [0.1, 0.15) is 92.9 Å². The molecule has 0 aliphatic heterocycles. The highest BCUT2D eigenvalue weighted by molar-refractivity contribution is 6.01. The van der Waals surface area contributed by atoms with Crippen molar-refractivity contribution in [3.63, 3.8) is 0 Å². The first-order valence-electron chi connectivity index (χ1n) is 16.9. The summed E-state index contributed by atoms with van der Waals surface area (Å²) in [5, 5.41) is 8.81. The molecular weight excluding hydrogens is 540 g/mol. The summed E-state index contributed by atoms with van der Waals surface area (Å²) in [6.07, 6.45) is 13.1. The van der Waals surface area contributed by atoms with Crippen molar-refractivity contribution in [3.8, 4) is 0 Å². The Morgan fingerprint density at radius 2 is 1.02 bits per heavy atom. The van der Waals surface area contributed by atoms with Crippen molar-refractivity contribution in [2.75, 3.05) is 10.6 Å². The smallest absolute Gasteiger partial charge is 0.227 e. The first kappa shape index (κ1) is 34.8. The molecule has 0 bridgehead atoms. The molecule has 4 aromatic rings. The number of fused-ring (bicyclic) bond motifs is 2. The first-order chi connectivity index (χ1) is 21.5. The summed E-state index contributed by atoms with van der Waals surface area (Å²) >= 11 is 0. The molecule has 6 rings (SSSR count). The van der Waals surface area contributed by atoms with Crippen LogP contribution in [0.5, 0.6) is 0 Å². The molecule has 2 N–H and O–H groups in total. The van der Waals surface area contributed by atoms with Crippen LogP contribution in [-0.4, -0.2) is 15.9 Å². The van der Waals surface area contributed by atoms with E-state index in [2.05, 4.69) is 65.3 Å². The van der Waals surface area contributed by atoms with Crippen molar-refractivity contribution in [2.24, 2.45) is 23.7 Å². The van der Waals surface area contributed by atoms with E-state index in [1.165, 1.54) is 31.1 Å². The Kier molecular flexibility index (Phi) is 14.3. The van der Waals surface area contributed by atoms with Gasteiger partial charge in [-0.05, 0) is 80.5 Å². The Morgan fingerprint density at radius 3 is 1.50 bits per heavy atom. The molecule has 2 aliphatic rings. The normalized spacial score (nSPS) is 20.9. The number of rotatable bonds is 5. The van der Waals surface area contributed by atoms with Crippen LogP contribution in [0.3, 0.4) is 0 Å². The quantitative estimate of drug-likeness (QED) is 0.241. The van der Waals surface area contributed by atoms with Gasteiger partial charge in [-0.2, -0.15) is 0 Å². The fraction of sp³-hybridized carbons (Fsp3) is 0.462. The highest BCUT2D eigenvalue weighted by Crippen LogP contribution is 2.34. The van der Waals surface area contributed by atoms with Gasteiger partial charge in [0, 0.05) is 34.8 Å². The van der Waals surface area contributed by atoms with Gasteiger partial charge in [0.25, 0.3) is 0 Å². The average Bonchev–Trinajstić information content (AvgIpc) is 3.08. The van der Waals surface area contributed by atoms with Crippen LogP contribution in [0.2, 0.25) is 0 Å². The lowest BCUT2D eigenvalue weighted by molar-refractivity contribution is -0.121. The predicted molar refractivity (Wildman–Crippen MR) is 190 cm³/mol. The highest BCUT2D eigenvalue weighted by Gasteiger charge is 2.25. The number of aromatic nitrogens is 2. The molecule has 44 heavy (non-hydrogen) atoms. The van der Waals surface area contributed by atoms with Crippen LogP contribution in [0, 0.1) is 23.7 Å². The van der Waals surface area contributed by atoms with Crippen LogP contribution < -0.4 is 10.6 Å². The van der Waals surface area contributed by atoms with Gasteiger partial charge in [-0.1, -0.05) is 97.4 Å². The maximum absolute atomic E-state index is 12.4. The van der Waals surface area contributed by atoms with Crippen molar-refractivity contribution in [2.45, 2.75) is 92.9 Å². The second-order valence-electron chi connectivity index (χ2n) is 11.8. The van der Waals surface area contributed by atoms with Crippen LogP contribution in [0.25, 0.3) is 21.8 Å². The maximum Gasteiger partial charge on any atom is 0.227 e. The maximum atomic E-state index is 12.4. The molecule has 2 aromatic heterocycles. The van der Waals surface area contributed by atoms with E-state index in [4.69, 9.17) is 0 Å². The van der Waals surface area contributed by atoms with Crippen LogP contribution in [0.4, 0.5) is 11.4 Å². The highest BCUT2D eigenvalue weighted by atomic mass is 16.1. The molecule has 0 saturated heterocycles. The monoisotopic (exact) mass is 594 g/mol. The summed E-state index contributed by atoms with van der Waals surface area (Å²) in [5.74, 6) is 2.54. The number of anilines is 2. The SMILES string of the molecule is C=C(Nc1cccc2cccnc12)C1CCC(C)CC1.CC.CC.CC1CCC(C(=O)Nc2cccc3cccnc23)CC1. The zero-order chi connectivity index (χ0) is 31.9. The average molecular weight is 595 g/mol. The summed E-state index contributed by atoms with van der Waals surface area (Å²) in [6, 6.07) is 20.2. The largest absolute Gasteiger partial charge is 0.357 e. The van der Waals surface area contributed by atoms with Gasteiger partial charge in [-0.15, -0.1) is 0 Å². The van der Waals surface area contributed by atoms with Gasteiger partial charge >= 0.3 is 0 Å². The number of carbonyl (C=O) groups is 1. The zero-order valence-electron chi connectivity index (χ0n) is 27.9. The molecule has 0 unspecified atom stereocenters. The lowest BCUT2D eigenvalue weighted by Crippen LogP contribution is -2.26. The topological polar surface area (TPSA) is 66.9 Å². The molecule has 1 amide bonds. The number of nitrogens with zero attached hydrogens (tertiary/aromatic N) is 2. The van der Waals surface area contributed by atoms with Crippen molar-refractivity contribution >= 4 is 39.1 Å². The third-order valence-corrected chi connectivity index (χ3v) is 8.71. The lowest BCUT2D eigenvalue weighted by Gasteiger charge is -2.28. The van der Waals surface area contributed by atoms with Crippen LogP contribution in [0.15, 0.2) is 85.3 Å². The van der Waals surface area contributed by atoms with E-state index < -0.39 is 0 Å². The van der Waals surface area contributed by atoms with Gasteiger partial charge in [-0.25, -0.2) is 0 Å². The van der Waals surface area contributed by atoms with Gasteiger partial charge in [-0.3, -0.25) is 14.8 Å². The second-order valence-corrected chi connectivity index (χ2v) is 11.8. The number of allylic oxidation sites excluding steroid dienone is 1. The Labute approximate surface area is 266 Å². The molecular formula is C39H54N4O. The van der Waals surface area contributed by atoms with Gasteiger partial charge in [0.05, 0.1) is 22.4 Å². The number of hydrogen-bond donors (Lipinski definition) is 2. The van der Waals surface area contributed by atoms with Crippen molar-refractivity contribution in [1.29, 1.82) is 0 Å². The molecule has 2 aromatic carbocycles. The minimum Gasteiger partial charge on any atom is -0.357 e. The molecule has 2 fully saturated rings. The minimum absolute atomic E-state index is 0.148. The molecule has 0 radical (unpaired) electrons. The van der Waals surface area contributed by atoms with Gasteiger partial charge < -0.3 is 10.6 Å². The van der Waals surface area contributed by atoms with E-state index >= 15 is 0 Å². The molecule has 2 heterocycles. The minimum atomic E-state index is 0.148. The van der Waals surface area contributed by atoms with E-state index in [0.29, 0.717) is 5.92 Å². The Balaban J connectivity index is 0.000000216. The fourth-order valence-corrected chi connectivity index (χ4v) is 6.05. The summed E-state index contributed by atoms with van der Waals surface area (Å²) in [5.41, 5.74) is 4.95. The van der Waals surface area contributed by atoms with E-state index in [9.17, 15) is 4.79 Å². The Bertz CT molecular complexity index is 1330. The van der Waals surface area contributed by atoms with Crippen LogP contribution >= 0.6 is 0 Å². The third-order valence-electron chi connectivity index (χ3n) is 8.71. The van der Waals surface area contributed by atoms with E-state index in [0.717, 1.165) is 71.0 Å². The summed E-state index contributed by atoms with van der Waals surface area (Å²) < 4.78 is 0. The van der Waals surface area contributed by atoms with Crippen molar-refractivity contribution < 1.29 is 4.79 Å². The molecule has 236 valence electrons. The molecule has 0 spiro atoms. The van der Waals surface area contributed by atoms with Crippen LogP contribution in [-0.2, 0) is 4.79 Å². The molecule has 5 heteroatoms. The Morgan fingerprint density at radius 1 is 0.614 bits per heavy atom. The summed E-state index contributed by atoms with van der Waals surface area (Å²) in [6.45, 7) is 16.9.